The van der Waals surface area contributed by atoms with Crippen molar-refractivity contribution < 1.29 is 9.84 Å². The molecular formula is C17H21N3O2S. The molecule has 2 rings (SSSR count). The number of ether oxygens (including phenoxy) is 1. The average molecular weight is 331 g/mol. The minimum Gasteiger partial charge on any atom is -0.508 e. The van der Waals surface area contributed by atoms with Crippen LogP contribution in [0.1, 0.15) is 25.1 Å². The Kier molecular flexibility index (Phi) is 5.76. The van der Waals surface area contributed by atoms with Crippen LogP contribution in [0.4, 0.5) is 10.8 Å². The van der Waals surface area contributed by atoms with Crippen LogP contribution in [0.2, 0.25) is 0 Å². The summed E-state index contributed by atoms with van der Waals surface area (Å²) in [6.07, 6.45) is 2.27. The molecule has 0 spiro atoms. The Balaban J connectivity index is 2.13. The van der Waals surface area contributed by atoms with Crippen LogP contribution in [-0.2, 0) is 6.42 Å². The zero-order valence-corrected chi connectivity index (χ0v) is 14.4. The van der Waals surface area contributed by atoms with Crippen molar-refractivity contribution in [2.45, 2.75) is 26.3 Å². The topological polar surface area (TPSA) is 66.7 Å². The number of aliphatic hydroxyl groups excluding tert-OH is 1. The number of nitrogens with zero attached hydrogens (tertiary/aromatic N) is 2. The molecule has 0 amide bonds. The summed E-state index contributed by atoms with van der Waals surface area (Å²) < 4.78 is 5.15. The summed E-state index contributed by atoms with van der Waals surface area (Å²) in [5, 5.41) is 16.4. The van der Waals surface area contributed by atoms with Crippen molar-refractivity contribution in [3.8, 4) is 5.75 Å². The first-order valence-electron chi connectivity index (χ1n) is 7.28. The van der Waals surface area contributed by atoms with Crippen molar-refractivity contribution in [2.75, 3.05) is 12.4 Å². The fraction of sp³-hybridized carbons (Fsp3) is 0.294. The lowest BCUT2D eigenvalue weighted by atomic mass is 10.1. The molecule has 2 aromatic rings. The van der Waals surface area contributed by atoms with Crippen molar-refractivity contribution in [1.29, 1.82) is 0 Å². The summed E-state index contributed by atoms with van der Waals surface area (Å²) in [6, 6.07) is 5.63. The van der Waals surface area contributed by atoms with Gasteiger partial charge in [-0.05, 0) is 38.8 Å². The van der Waals surface area contributed by atoms with Gasteiger partial charge in [-0.15, -0.1) is 11.3 Å². The number of methoxy groups -OCH3 is 1. The van der Waals surface area contributed by atoms with Gasteiger partial charge in [-0.1, -0.05) is 0 Å². The lowest BCUT2D eigenvalue weighted by Crippen LogP contribution is -2.09. The number of aliphatic imine (C=N–C) groups is 1. The van der Waals surface area contributed by atoms with Crippen molar-refractivity contribution >= 4 is 34.6 Å². The minimum absolute atomic E-state index is 0.154. The summed E-state index contributed by atoms with van der Waals surface area (Å²) in [5.41, 5.74) is 2.11. The highest BCUT2D eigenvalue weighted by atomic mass is 32.1. The fourth-order valence-electron chi connectivity index (χ4n) is 2.01. The second kappa shape index (κ2) is 7.78. The predicted molar refractivity (Wildman–Crippen MR) is 97.4 cm³/mol. The van der Waals surface area contributed by atoms with Crippen LogP contribution in [0.25, 0.3) is 5.76 Å². The molecule has 1 aromatic carbocycles. The molecule has 23 heavy (non-hydrogen) atoms. The predicted octanol–water partition coefficient (Wildman–Crippen LogP) is 4.45. The number of aliphatic hydroxyl groups is 1. The van der Waals surface area contributed by atoms with Gasteiger partial charge in [0.15, 0.2) is 5.13 Å². The van der Waals surface area contributed by atoms with Gasteiger partial charge in [0.1, 0.15) is 11.5 Å². The maximum atomic E-state index is 10.3. The Labute approximate surface area is 140 Å². The van der Waals surface area contributed by atoms with Crippen LogP contribution in [-0.4, -0.2) is 30.0 Å². The molecule has 0 bridgehead atoms. The maximum Gasteiger partial charge on any atom is 0.183 e. The highest BCUT2D eigenvalue weighted by molar-refractivity contribution is 7.13. The van der Waals surface area contributed by atoms with E-state index >= 15 is 0 Å². The first-order chi connectivity index (χ1) is 11.0. The number of anilines is 1. The summed E-state index contributed by atoms with van der Waals surface area (Å²) in [5.74, 6) is 0.828. The number of benzene rings is 1. The third-order valence-corrected chi connectivity index (χ3v) is 3.94. The Morgan fingerprint density at radius 3 is 2.96 bits per heavy atom. The van der Waals surface area contributed by atoms with Crippen LogP contribution in [0.5, 0.6) is 5.75 Å². The zero-order chi connectivity index (χ0) is 16.8. The number of hydrogen-bond acceptors (Lipinski definition) is 6. The quantitative estimate of drug-likeness (QED) is 0.581. The smallest absolute Gasteiger partial charge is 0.183 e. The van der Waals surface area contributed by atoms with Crippen LogP contribution < -0.4 is 10.1 Å². The SMILES string of the molecule is C=Nc1cc(OC)ccc1/C(O)=C\Cc1csc(NC(C)C)n1. The highest BCUT2D eigenvalue weighted by Gasteiger charge is 2.08. The molecule has 6 heteroatoms. The molecule has 5 nitrogen and oxygen atoms in total. The summed E-state index contributed by atoms with van der Waals surface area (Å²) >= 11 is 1.56. The van der Waals surface area contributed by atoms with Gasteiger partial charge in [-0.2, -0.15) is 0 Å². The Bertz CT molecular complexity index is 708. The van der Waals surface area contributed by atoms with E-state index in [9.17, 15) is 5.11 Å². The highest BCUT2D eigenvalue weighted by Crippen LogP contribution is 2.29. The molecule has 1 aromatic heterocycles. The van der Waals surface area contributed by atoms with Gasteiger partial charge < -0.3 is 15.2 Å². The van der Waals surface area contributed by atoms with E-state index in [2.05, 4.69) is 35.9 Å². The fourth-order valence-corrected chi connectivity index (χ4v) is 2.88. The Hall–Kier alpha value is -2.34. The Morgan fingerprint density at radius 1 is 1.52 bits per heavy atom. The molecule has 2 N–H and O–H groups in total. The van der Waals surface area contributed by atoms with E-state index in [-0.39, 0.29) is 5.76 Å². The number of nitrogens with one attached hydrogen (secondary N) is 1. The van der Waals surface area contributed by atoms with Crippen molar-refractivity contribution in [2.24, 2.45) is 4.99 Å². The van der Waals surface area contributed by atoms with E-state index in [1.54, 1.807) is 42.7 Å². The standard InChI is InChI=1S/C17H21N3O2S/c1-11(2)19-17-20-12(10-23-17)5-8-16(21)14-7-6-13(22-4)9-15(14)18-3/h6-11,21H,3,5H2,1-2,4H3,(H,19,20)/b16-8+. The van der Waals surface area contributed by atoms with Gasteiger partial charge in [0, 0.05) is 29.5 Å². The number of rotatable bonds is 7. The number of aromatic nitrogens is 1. The lowest BCUT2D eigenvalue weighted by Gasteiger charge is -2.07. The number of thiazole rings is 1. The van der Waals surface area contributed by atoms with E-state index in [0.29, 0.717) is 29.5 Å². The molecule has 0 aliphatic rings. The molecule has 0 unspecified atom stereocenters. The zero-order valence-electron chi connectivity index (χ0n) is 13.5. The molecule has 122 valence electrons. The van der Waals surface area contributed by atoms with Crippen LogP contribution >= 0.6 is 11.3 Å². The van der Waals surface area contributed by atoms with E-state index in [1.165, 1.54) is 0 Å². The van der Waals surface area contributed by atoms with Crippen molar-refractivity contribution in [1.82, 2.24) is 4.98 Å². The van der Waals surface area contributed by atoms with Crippen LogP contribution in [0.3, 0.4) is 0 Å². The van der Waals surface area contributed by atoms with E-state index in [4.69, 9.17) is 4.74 Å². The monoisotopic (exact) mass is 331 g/mol. The minimum atomic E-state index is 0.154. The van der Waals surface area contributed by atoms with Gasteiger partial charge >= 0.3 is 0 Å². The van der Waals surface area contributed by atoms with E-state index in [1.807, 2.05) is 5.38 Å². The summed E-state index contributed by atoms with van der Waals surface area (Å²) in [7, 11) is 1.59. The van der Waals surface area contributed by atoms with Gasteiger partial charge in [0.25, 0.3) is 0 Å². The molecule has 0 saturated heterocycles. The first-order valence-corrected chi connectivity index (χ1v) is 8.16. The average Bonchev–Trinajstić information content (AvgIpc) is 2.98. The number of allylic oxidation sites excluding steroid dienone is 1. The first kappa shape index (κ1) is 17.0. The summed E-state index contributed by atoms with van der Waals surface area (Å²) in [4.78, 5) is 8.42. The molecule has 0 saturated carbocycles. The molecule has 0 aliphatic heterocycles. The lowest BCUT2D eigenvalue weighted by molar-refractivity contribution is 0.415. The maximum absolute atomic E-state index is 10.3. The Morgan fingerprint density at radius 2 is 2.30 bits per heavy atom. The van der Waals surface area contributed by atoms with Crippen molar-refractivity contribution in [3.63, 3.8) is 0 Å². The number of hydrogen-bond donors (Lipinski definition) is 2. The molecule has 0 fully saturated rings. The van der Waals surface area contributed by atoms with E-state index < -0.39 is 0 Å². The van der Waals surface area contributed by atoms with Gasteiger partial charge in [0.2, 0.25) is 0 Å². The molecule has 0 aliphatic carbocycles. The van der Waals surface area contributed by atoms with Gasteiger partial charge in [-0.3, -0.25) is 4.99 Å². The van der Waals surface area contributed by atoms with Crippen LogP contribution in [0, 0.1) is 0 Å². The molecule has 0 atom stereocenters. The van der Waals surface area contributed by atoms with Gasteiger partial charge in [0.05, 0.1) is 18.5 Å². The van der Waals surface area contributed by atoms with Gasteiger partial charge in [-0.25, -0.2) is 4.98 Å². The van der Waals surface area contributed by atoms with Crippen molar-refractivity contribution in [3.05, 3.63) is 40.9 Å². The second-order valence-corrected chi connectivity index (χ2v) is 6.14. The molecule has 1 heterocycles. The van der Waals surface area contributed by atoms with E-state index in [0.717, 1.165) is 10.8 Å². The normalized spacial score (nSPS) is 11.6. The molecular weight excluding hydrogens is 310 g/mol. The third-order valence-electron chi connectivity index (χ3n) is 3.12. The largest absolute Gasteiger partial charge is 0.508 e. The molecule has 0 radical (unpaired) electrons. The summed E-state index contributed by atoms with van der Waals surface area (Å²) in [6.45, 7) is 7.68. The second-order valence-electron chi connectivity index (χ2n) is 5.28. The van der Waals surface area contributed by atoms with Crippen LogP contribution in [0.15, 0.2) is 34.6 Å². The third kappa shape index (κ3) is 4.56.